The fourth-order valence-corrected chi connectivity index (χ4v) is 10.3. The van der Waals surface area contributed by atoms with Crippen molar-refractivity contribution in [3.63, 3.8) is 0 Å². The summed E-state index contributed by atoms with van der Waals surface area (Å²) < 4.78 is 7.03. The molecular formula is C53H48BNOS. The summed E-state index contributed by atoms with van der Waals surface area (Å²) in [5.41, 5.74) is 18.2. The largest absolute Gasteiger partial charge is 0.455 e. The van der Waals surface area contributed by atoms with E-state index in [0.717, 1.165) is 49.9 Å². The summed E-state index contributed by atoms with van der Waals surface area (Å²) in [4.78, 5) is 5.30. The highest BCUT2D eigenvalue weighted by Crippen LogP contribution is 2.49. The molecule has 2 aliphatic rings. The van der Waals surface area contributed by atoms with Crippen LogP contribution in [0.25, 0.3) is 44.2 Å². The Kier molecular flexibility index (Phi) is 8.22. The van der Waals surface area contributed by atoms with Gasteiger partial charge >= 0.3 is 0 Å². The molecule has 7 aromatic carbocycles. The first-order valence-corrected chi connectivity index (χ1v) is 21.2. The number of benzene rings is 7. The molecule has 0 bridgehead atoms. The molecule has 0 aliphatic carbocycles. The van der Waals surface area contributed by atoms with E-state index in [2.05, 4.69) is 200 Å². The van der Waals surface area contributed by atoms with Crippen LogP contribution in [-0.4, -0.2) is 6.71 Å². The van der Waals surface area contributed by atoms with Crippen LogP contribution in [0, 0.1) is 0 Å². The summed E-state index contributed by atoms with van der Waals surface area (Å²) >= 11 is 1.94. The van der Waals surface area contributed by atoms with Crippen LogP contribution in [0.1, 0.15) is 78.0 Å². The van der Waals surface area contributed by atoms with Gasteiger partial charge in [0.15, 0.2) is 0 Å². The minimum absolute atomic E-state index is 0.00145. The molecule has 0 radical (unpaired) electrons. The van der Waals surface area contributed by atoms with Crippen LogP contribution in [0.4, 0.5) is 17.1 Å². The van der Waals surface area contributed by atoms with Crippen LogP contribution in [0.15, 0.2) is 154 Å². The smallest absolute Gasteiger partial charge is 0.249 e. The minimum Gasteiger partial charge on any atom is -0.455 e. The maximum absolute atomic E-state index is 7.03. The topological polar surface area (TPSA) is 16.4 Å². The molecule has 2 aliphatic heterocycles. The van der Waals surface area contributed by atoms with Crippen molar-refractivity contribution in [2.75, 3.05) is 4.90 Å². The normalized spacial score (nSPS) is 13.6. The van der Waals surface area contributed by atoms with E-state index in [1.54, 1.807) is 0 Å². The molecule has 0 N–H and O–H groups in total. The number of fused-ring (bicyclic) bond motifs is 7. The van der Waals surface area contributed by atoms with E-state index in [0.29, 0.717) is 5.92 Å². The van der Waals surface area contributed by atoms with E-state index in [1.165, 1.54) is 54.2 Å². The molecule has 280 valence electrons. The Morgan fingerprint density at radius 3 is 1.91 bits per heavy atom. The lowest BCUT2D eigenvalue weighted by molar-refractivity contribution is 0.589. The van der Waals surface area contributed by atoms with Gasteiger partial charge in [-0.25, -0.2) is 0 Å². The maximum Gasteiger partial charge on any atom is 0.249 e. The van der Waals surface area contributed by atoms with Crippen LogP contribution >= 0.6 is 11.8 Å². The van der Waals surface area contributed by atoms with E-state index in [9.17, 15) is 0 Å². The van der Waals surface area contributed by atoms with Gasteiger partial charge in [-0.15, -0.1) is 0 Å². The number of furan rings is 1. The highest BCUT2D eigenvalue weighted by Gasteiger charge is 2.43. The molecule has 2 nitrogen and oxygen atoms in total. The number of nitrogens with zero attached hydrogens (tertiary/aromatic N) is 1. The average molecular weight is 758 g/mol. The fourth-order valence-electron chi connectivity index (χ4n) is 9.07. The van der Waals surface area contributed by atoms with Crippen LogP contribution in [-0.2, 0) is 10.8 Å². The van der Waals surface area contributed by atoms with Crippen molar-refractivity contribution in [1.82, 2.24) is 0 Å². The average Bonchev–Trinajstić information content (AvgIpc) is 3.59. The van der Waals surface area contributed by atoms with Gasteiger partial charge in [0.1, 0.15) is 11.2 Å². The Bertz CT molecular complexity index is 2890. The lowest BCUT2D eigenvalue weighted by Crippen LogP contribution is -2.60. The van der Waals surface area contributed by atoms with Gasteiger partial charge in [-0.3, -0.25) is 0 Å². The van der Waals surface area contributed by atoms with Crippen molar-refractivity contribution < 1.29 is 4.42 Å². The summed E-state index contributed by atoms with van der Waals surface area (Å²) in [6, 6.07) is 52.2. The third kappa shape index (κ3) is 5.78. The summed E-state index contributed by atoms with van der Waals surface area (Å²) in [5, 5.41) is 2.26. The van der Waals surface area contributed by atoms with Crippen molar-refractivity contribution >= 4 is 73.9 Å². The highest BCUT2D eigenvalue weighted by atomic mass is 32.2. The Hall–Kier alpha value is -5.45. The molecule has 0 saturated carbocycles. The Balaban J connectivity index is 1.26. The molecule has 0 fully saturated rings. The third-order valence-electron chi connectivity index (χ3n) is 12.2. The van der Waals surface area contributed by atoms with Gasteiger partial charge in [0.05, 0.1) is 5.69 Å². The summed E-state index contributed by atoms with van der Waals surface area (Å²) in [7, 11) is 0. The van der Waals surface area contributed by atoms with E-state index >= 15 is 0 Å². The van der Waals surface area contributed by atoms with Gasteiger partial charge in [0.25, 0.3) is 0 Å². The fraction of sp³-hybridized carbons (Fsp3) is 0.208. The van der Waals surface area contributed by atoms with Crippen LogP contribution in [0.5, 0.6) is 0 Å². The number of para-hydroxylation sites is 3. The van der Waals surface area contributed by atoms with E-state index < -0.39 is 0 Å². The number of hydrogen-bond donors (Lipinski definition) is 0. The molecular weight excluding hydrogens is 709 g/mol. The standard InChI is InChI=1S/C53H48BNOS/c1-32(2)34-24-27-47-43(28-34)54-42-29-35(52(3,4)5)25-26-45(42)55(46-30-36(53(6,7)8)31-48(57-47)49(46)54)44-23-13-12-18-38(44)39-20-15-22-41-40-21-14-19-37(50(40)56-51(39)41)33-16-10-9-11-17-33/h9-32H,1-8H3. The monoisotopic (exact) mass is 757 g/mol. The summed E-state index contributed by atoms with van der Waals surface area (Å²) in [6.45, 7) is 18.7. The molecule has 0 amide bonds. The lowest BCUT2D eigenvalue weighted by atomic mass is 9.34. The first-order chi connectivity index (χ1) is 27.4. The van der Waals surface area contributed by atoms with Gasteiger partial charge in [-0.1, -0.05) is 182 Å². The molecule has 3 heterocycles. The highest BCUT2D eigenvalue weighted by molar-refractivity contribution is 8.00. The van der Waals surface area contributed by atoms with E-state index in [4.69, 9.17) is 4.42 Å². The Labute approximate surface area is 342 Å². The first kappa shape index (κ1) is 35.9. The quantitative estimate of drug-likeness (QED) is 0.166. The zero-order chi connectivity index (χ0) is 39.4. The number of anilines is 3. The van der Waals surface area contributed by atoms with Crippen molar-refractivity contribution in [3.05, 3.63) is 156 Å². The van der Waals surface area contributed by atoms with Gasteiger partial charge in [-0.2, -0.15) is 0 Å². The zero-order valence-electron chi connectivity index (χ0n) is 34.2. The first-order valence-electron chi connectivity index (χ1n) is 20.4. The number of hydrogen-bond acceptors (Lipinski definition) is 3. The Morgan fingerprint density at radius 1 is 0.526 bits per heavy atom. The number of rotatable bonds is 4. The minimum atomic E-state index is -0.0404. The summed E-state index contributed by atoms with van der Waals surface area (Å²) in [6.07, 6.45) is 0. The van der Waals surface area contributed by atoms with Crippen LogP contribution in [0.3, 0.4) is 0 Å². The van der Waals surface area contributed by atoms with Gasteiger partial charge in [0, 0.05) is 48.6 Å². The van der Waals surface area contributed by atoms with Gasteiger partial charge in [-0.05, 0) is 80.3 Å². The lowest BCUT2D eigenvalue weighted by Gasteiger charge is -2.42. The molecule has 8 aromatic rings. The van der Waals surface area contributed by atoms with Crippen molar-refractivity contribution in [1.29, 1.82) is 0 Å². The van der Waals surface area contributed by atoms with E-state index in [-0.39, 0.29) is 17.5 Å². The molecule has 0 spiro atoms. The van der Waals surface area contributed by atoms with Gasteiger partial charge in [0.2, 0.25) is 6.71 Å². The predicted octanol–water partition coefficient (Wildman–Crippen LogP) is 13.4. The predicted molar refractivity (Wildman–Crippen MR) is 246 cm³/mol. The zero-order valence-corrected chi connectivity index (χ0v) is 35.0. The maximum atomic E-state index is 7.03. The van der Waals surface area contributed by atoms with Crippen molar-refractivity contribution in [2.45, 2.75) is 81.9 Å². The molecule has 57 heavy (non-hydrogen) atoms. The summed E-state index contributed by atoms with van der Waals surface area (Å²) in [5.74, 6) is 0.446. The van der Waals surface area contributed by atoms with Crippen LogP contribution < -0.4 is 21.3 Å². The second kappa shape index (κ2) is 13.0. The third-order valence-corrected chi connectivity index (χ3v) is 13.4. The molecule has 4 heteroatoms. The van der Waals surface area contributed by atoms with Crippen molar-refractivity contribution in [2.24, 2.45) is 0 Å². The van der Waals surface area contributed by atoms with E-state index in [1.807, 2.05) is 11.8 Å². The van der Waals surface area contributed by atoms with Gasteiger partial charge < -0.3 is 9.32 Å². The second-order valence-corrected chi connectivity index (χ2v) is 19.4. The molecule has 0 atom stereocenters. The molecule has 0 unspecified atom stereocenters. The van der Waals surface area contributed by atoms with Crippen molar-refractivity contribution in [3.8, 4) is 22.3 Å². The van der Waals surface area contributed by atoms with Crippen LogP contribution in [0.2, 0.25) is 0 Å². The Morgan fingerprint density at radius 2 is 1.19 bits per heavy atom. The molecule has 0 saturated heterocycles. The SMILES string of the molecule is CC(C)c1ccc2c(c1)B1c3cc(C(C)(C)C)ccc3N(c3ccccc3-c3cccc4c3oc3c(-c5ccccc5)cccc34)c3cc(C(C)(C)C)cc(c31)S2. The molecule has 1 aromatic heterocycles. The second-order valence-electron chi connectivity index (χ2n) is 18.4. The molecule has 10 rings (SSSR count).